The summed E-state index contributed by atoms with van der Waals surface area (Å²) in [5.74, 6) is -1.62. The van der Waals surface area contributed by atoms with Crippen LogP contribution < -0.4 is 5.73 Å². The van der Waals surface area contributed by atoms with E-state index in [1.807, 2.05) is 0 Å². The lowest BCUT2D eigenvalue weighted by Crippen LogP contribution is -2.39. The van der Waals surface area contributed by atoms with Crippen LogP contribution in [0.2, 0.25) is 5.15 Å². The van der Waals surface area contributed by atoms with Crippen molar-refractivity contribution >= 4 is 36.3 Å². The van der Waals surface area contributed by atoms with E-state index in [1.165, 1.54) is 10.9 Å². The molecule has 0 saturated carbocycles. The number of fused-ring (bicyclic) bond motifs is 1. The quantitative estimate of drug-likeness (QED) is 0.270. The van der Waals surface area contributed by atoms with Gasteiger partial charge in [-0.15, -0.1) is 0 Å². The monoisotopic (exact) mass is 479 g/mol. The summed E-state index contributed by atoms with van der Waals surface area (Å²) in [5.41, 5.74) is 4.90. The van der Waals surface area contributed by atoms with Crippen molar-refractivity contribution in [2.45, 2.75) is 76.0 Å². The molecule has 0 bridgehead atoms. The third-order valence-electron chi connectivity index (χ3n) is 5.48. The normalized spacial score (nSPS) is 29.0. The van der Waals surface area contributed by atoms with Gasteiger partial charge in [-0.05, 0) is 19.8 Å². The molecule has 3 heterocycles. The highest BCUT2D eigenvalue weighted by atomic mass is 35.5. The molecular weight excluding hydrogens is 453 g/mol. The molecule has 7 atom stereocenters. The maximum absolute atomic E-state index is 12.4. The zero-order valence-corrected chi connectivity index (χ0v) is 18.9. The van der Waals surface area contributed by atoms with Crippen LogP contribution in [-0.2, 0) is 13.8 Å². The van der Waals surface area contributed by atoms with Gasteiger partial charge in [0.25, 0.3) is 0 Å². The van der Waals surface area contributed by atoms with Gasteiger partial charge in [0.2, 0.25) is 5.95 Å². The Morgan fingerprint density at radius 3 is 2.68 bits per heavy atom. The third-order valence-corrected chi connectivity index (χ3v) is 7.57. The van der Waals surface area contributed by atoms with E-state index in [0.29, 0.717) is 0 Å². The van der Waals surface area contributed by atoms with Gasteiger partial charge in [-0.1, -0.05) is 25.4 Å². The van der Waals surface area contributed by atoms with E-state index >= 15 is 0 Å². The maximum atomic E-state index is 12.4. The fourth-order valence-electron chi connectivity index (χ4n) is 3.49. The van der Waals surface area contributed by atoms with Crippen LogP contribution in [0.3, 0.4) is 0 Å². The molecule has 0 radical (unpaired) electrons. The molecule has 3 rings (SSSR count). The molecule has 1 aliphatic heterocycles. The second-order valence-electron chi connectivity index (χ2n) is 7.79. The van der Waals surface area contributed by atoms with Gasteiger partial charge in [-0.25, -0.2) is 4.98 Å². The number of nitrogen functional groups attached to an aromatic ring is 1. The molecule has 0 spiro atoms. The SMILES string of the molecule is CCC(O)P(=O)(O)OC(C)(CC)C[C@H]1OC(n2cnc3c(Cl)nc(N)nc32)[C@H](O)[C@@H]1O. The molecule has 174 valence electrons. The fraction of sp³-hybridized carbons (Fsp3) is 0.706. The number of aromatic nitrogens is 4. The molecule has 14 heteroatoms. The highest BCUT2D eigenvalue weighted by molar-refractivity contribution is 7.53. The lowest BCUT2D eigenvalue weighted by molar-refractivity contribution is -0.0667. The van der Waals surface area contributed by atoms with E-state index in [4.69, 9.17) is 26.6 Å². The van der Waals surface area contributed by atoms with Gasteiger partial charge < -0.3 is 35.2 Å². The molecular formula is C17H27ClN5O7P. The predicted octanol–water partition coefficient (Wildman–Crippen LogP) is 1.17. The fourth-order valence-corrected chi connectivity index (χ4v) is 5.13. The van der Waals surface area contributed by atoms with E-state index in [-0.39, 0.29) is 41.5 Å². The molecule has 1 fully saturated rings. The van der Waals surface area contributed by atoms with Crippen molar-refractivity contribution < 1.29 is 34.0 Å². The van der Waals surface area contributed by atoms with Crippen molar-refractivity contribution in [1.82, 2.24) is 19.5 Å². The van der Waals surface area contributed by atoms with Crippen molar-refractivity contribution in [1.29, 1.82) is 0 Å². The first kappa shape index (κ1) is 24.3. The number of aliphatic hydroxyl groups is 3. The number of rotatable bonds is 8. The van der Waals surface area contributed by atoms with E-state index in [1.54, 1.807) is 20.8 Å². The number of hydrogen-bond donors (Lipinski definition) is 5. The minimum Gasteiger partial charge on any atom is -0.388 e. The summed E-state index contributed by atoms with van der Waals surface area (Å²) in [6.45, 7) is 4.87. The standard InChI is InChI=1S/C17H27ClN5O7P/c1-4-9(24)31(27,28)30-17(3,5-2)6-8-11(25)12(26)15(29-8)23-7-20-10-13(18)21-16(19)22-14(10)23/h7-9,11-12,15,24-26H,4-6H2,1-3H3,(H,27,28)(H2,19,21,22)/t8-,9?,11-,12-,15?,17?/m1/s1. The smallest absolute Gasteiger partial charge is 0.356 e. The molecule has 2 aromatic heterocycles. The number of anilines is 1. The van der Waals surface area contributed by atoms with Gasteiger partial charge in [0.1, 0.15) is 17.7 Å². The number of ether oxygens (including phenoxy) is 1. The first-order valence-corrected chi connectivity index (χ1v) is 11.8. The van der Waals surface area contributed by atoms with Crippen LogP contribution >= 0.6 is 19.2 Å². The molecule has 1 aliphatic rings. The topological polar surface area (TPSA) is 186 Å². The van der Waals surface area contributed by atoms with Gasteiger partial charge in [-0.2, -0.15) is 9.97 Å². The Balaban J connectivity index is 1.84. The summed E-state index contributed by atoms with van der Waals surface area (Å²) in [7, 11) is -4.33. The van der Waals surface area contributed by atoms with Crippen LogP contribution in [0.5, 0.6) is 0 Å². The van der Waals surface area contributed by atoms with Crippen molar-refractivity contribution in [2.75, 3.05) is 5.73 Å². The Hall–Kier alpha value is -1.37. The van der Waals surface area contributed by atoms with Crippen LogP contribution in [0.4, 0.5) is 5.95 Å². The summed E-state index contributed by atoms with van der Waals surface area (Å²) < 4.78 is 25.1. The zero-order chi connectivity index (χ0) is 23.1. The van der Waals surface area contributed by atoms with Crippen molar-refractivity contribution in [3.63, 3.8) is 0 Å². The Kier molecular flexibility index (Phi) is 6.95. The molecule has 4 unspecified atom stereocenters. The third kappa shape index (κ3) is 4.71. The zero-order valence-electron chi connectivity index (χ0n) is 17.3. The minimum atomic E-state index is -4.33. The van der Waals surface area contributed by atoms with Crippen molar-refractivity contribution in [3.8, 4) is 0 Å². The number of nitrogens with two attached hydrogens (primary N) is 1. The number of nitrogens with zero attached hydrogens (tertiary/aromatic N) is 4. The molecule has 2 aromatic rings. The highest BCUT2D eigenvalue weighted by Gasteiger charge is 2.48. The van der Waals surface area contributed by atoms with E-state index in [0.717, 1.165) is 0 Å². The maximum Gasteiger partial charge on any atom is 0.356 e. The summed E-state index contributed by atoms with van der Waals surface area (Å²) in [5, 5.41) is 31.0. The predicted molar refractivity (Wildman–Crippen MR) is 111 cm³/mol. The molecule has 12 nitrogen and oxygen atoms in total. The molecule has 6 N–H and O–H groups in total. The van der Waals surface area contributed by atoms with Gasteiger partial charge in [0, 0.05) is 6.42 Å². The molecule has 0 aromatic carbocycles. The second-order valence-corrected chi connectivity index (χ2v) is 10.1. The minimum absolute atomic E-state index is 0.0241. The van der Waals surface area contributed by atoms with Crippen molar-refractivity contribution in [3.05, 3.63) is 11.5 Å². The summed E-state index contributed by atoms with van der Waals surface area (Å²) in [4.78, 5) is 22.1. The molecule has 0 amide bonds. The lowest BCUT2D eigenvalue weighted by Gasteiger charge is -2.34. The first-order chi connectivity index (χ1) is 14.4. The van der Waals surface area contributed by atoms with Crippen LogP contribution in [0.15, 0.2) is 6.33 Å². The number of hydrogen-bond acceptors (Lipinski definition) is 10. The van der Waals surface area contributed by atoms with E-state index in [9.17, 15) is 24.8 Å². The Morgan fingerprint density at radius 2 is 2.06 bits per heavy atom. The highest BCUT2D eigenvalue weighted by Crippen LogP contribution is 2.53. The molecule has 1 saturated heterocycles. The van der Waals surface area contributed by atoms with Crippen LogP contribution in [0, 0.1) is 0 Å². The van der Waals surface area contributed by atoms with E-state index < -0.39 is 43.6 Å². The Labute approximate surface area is 183 Å². The van der Waals surface area contributed by atoms with Crippen LogP contribution in [0.1, 0.15) is 46.3 Å². The second kappa shape index (κ2) is 8.87. The average molecular weight is 480 g/mol. The Bertz CT molecular complexity index is 993. The lowest BCUT2D eigenvalue weighted by atomic mass is 9.93. The summed E-state index contributed by atoms with van der Waals surface area (Å²) in [6.07, 6.45) is -3.07. The van der Waals surface area contributed by atoms with Gasteiger partial charge in [0.05, 0.1) is 18.0 Å². The van der Waals surface area contributed by atoms with Crippen molar-refractivity contribution in [2.24, 2.45) is 0 Å². The van der Waals surface area contributed by atoms with E-state index in [2.05, 4.69) is 15.0 Å². The Morgan fingerprint density at radius 1 is 1.39 bits per heavy atom. The number of imidazole rings is 1. The molecule has 31 heavy (non-hydrogen) atoms. The largest absolute Gasteiger partial charge is 0.388 e. The average Bonchev–Trinajstić information content (AvgIpc) is 3.23. The number of halogens is 1. The molecule has 0 aliphatic carbocycles. The first-order valence-electron chi connectivity index (χ1n) is 9.81. The number of aliphatic hydroxyl groups excluding tert-OH is 3. The van der Waals surface area contributed by atoms with Gasteiger partial charge >= 0.3 is 7.60 Å². The summed E-state index contributed by atoms with van der Waals surface area (Å²) in [6, 6.07) is 0. The van der Waals surface area contributed by atoms with Crippen LogP contribution in [-0.4, -0.2) is 69.5 Å². The van der Waals surface area contributed by atoms with Gasteiger partial charge in [-0.3, -0.25) is 9.13 Å². The van der Waals surface area contributed by atoms with Gasteiger partial charge in [0.15, 0.2) is 22.9 Å². The summed E-state index contributed by atoms with van der Waals surface area (Å²) >= 11 is 6.03. The van der Waals surface area contributed by atoms with Crippen LogP contribution in [0.25, 0.3) is 11.2 Å².